The summed E-state index contributed by atoms with van der Waals surface area (Å²) in [6.07, 6.45) is 3.22. The molecule has 0 fully saturated rings. The molecule has 0 heterocycles. The third kappa shape index (κ3) is 22.7. The first kappa shape index (κ1) is 29.5. The molecule has 0 spiro atoms. The highest BCUT2D eigenvalue weighted by Crippen LogP contribution is 1.99. The number of ether oxygens (including phenoxy) is 4. The third-order valence-corrected chi connectivity index (χ3v) is 3.52. The Morgan fingerprint density at radius 1 is 1.08 bits per heavy atom. The maximum atomic E-state index is 10.5. The summed E-state index contributed by atoms with van der Waals surface area (Å²) in [5.41, 5.74) is 4.97. The van der Waals surface area contributed by atoms with Crippen LogP contribution < -0.4 is 5.73 Å². The largest absolute Gasteiger partial charge is 0.356 e. The van der Waals surface area contributed by atoms with Crippen molar-refractivity contribution in [2.45, 2.75) is 52.0 Å². The summed E-state index contributed by atoms with van der Waals surface area (Å²) < 4.78 is 23.1. The van der Waals surface area contributed by atoms with Gasteiger partial charge in [0.15, 0.2) is 20.8 Å². The second kappa shape index (κ2) is 18.5. The topological polar surface area (TPSA) is 113 Å². The fourth-order valence-corrected chi connectivity index (χ4v) is 1.54. The lowest BCUT2D eigenvalue weighted by molar-refractivity contribution is -0.109. The number of isocyanates is 1. The first-order valence-corrected chi connectivity index (χ1v) is 11.7. The minimum Gasteiger partial charge on any atom is -0.356 e. The maximum Gasteiger partial charge on any atom is 0.314 e. The molecule has 0 rings (SSSR count). The Balaban J connectivity index is -0.000000315. The molecular formula is C16H37N3O6Si. The van der Waals surface area contributed by atoms with Gasteiger partial charge in [-0.15, -0.1) is 0 Å². The van der Waals surface area contributed by atoms with Gasteiger partial charge < -0.3 is 29.6 Å². The van der Waals surface area contributed by atoms with Gasteiger partial charge in [0, 0.05) is 35.5 Å². The first-order chi connectivity index (χ1) is 12.0. The van der Waals surface area contributed by atoms with Gasteiger partial charge in [0.1, 0.15) is 0 Å². The number of hydrogen-bond donors (Lipinski definition) is 1. The van der Waals surface area contributed by atoms with Crippen molar-refractivity contribution >= 4 is 20.3 Å². The molecule has 156 valence electrons. The Hall–Kier alpha value is -1.29. The smallest absolute Gasteiger partial charge is 0.314 e. The second-order valence-electron chi connectivity index (χ2n) is 6.18. The van der Waals surface area contributed by atoms with E-state index in [0.29, 0.717) is 6.54 Å². The molecule has 0 aliphatic rings. The van der Waals surface area contributed by atoms with Crippen LogP contribution in [0.3, 0.4) is 0 Å². The number of nitrogens with zero attached hydrogens (tertiary/aromatic N) is 2. The number of hydrogen-bond acceptors (Lipinski definition) is 7. The molecule has 0 aliphatic heterocycles. The Kier molecular flexibility index (Phi) is 21.0. The van der Waals surface area contributed by atoms with Crippen molar-refractivity contribution in [1.29, 1.82) is 0 Å². The Morgan fingerprint density at radius 3 is 1.65 bits per heavy atom. The molecule has 0 aromatic carbocycles. The predicted molar refractivity (Wildman–Crippen MR) is 104 cm³/mol. The summed E-state index contributed by atoms with van der Waals surface area (Å²) in [5, 5.41) is 0. The average Bonchev–Trinajstić information content (AvgIpc) is 2.57. The molecule has 0 radical (unpaired) electrons. The minimum atomic E-state index is -1.46. The van der Waals surface area contributed by atoms with Crippen molar-refractivity contribution in [1.82, 2.24) is 4.90 Å². The fraction of sp³-hybridized carbons (Fsp3) is 0.875. The van der Waals surface area contributed by atoms with Crippen LogP contribution in [0.25, 0.3) is 0 Å². The molecule has 10 heteroatoms. The van der Waals surface area contributed by atoms with Crippen LogP contribution in [-0.4, -0.2) is 79.9 Å². The second-order valence-corrected chi connectivity index (χ2v) is 10.7. The molecule has 0 atom stereocenters. The molecule has 2 N–H and O–H groups in total. The number of amides is 2. The zero-order valence-corrected chi connectivity index (χ0v) is 18.7. The van der Waals surface area contributed by atoms with E-state index in [0.717, 1.165) is 12.8 Å². The summed E-state index contributed by atoms with van der Waals surface area (Å²) >= 11 is 0. The third-order valence-electron chi connectivity index (χ3n) is 2.76. The number of likely N-dealkylation sites (N-methyl/N-ethyl adjacent to an activating group) is 1. The van der Waals surface area contributed by atoms with Crippen LogP contribution in [-0.2, 0) is 23.7 Å². The molecule has 0 aromatic heterocycles. The molecule has 0 bridgehead atoms. The zero-order chi connectivity index (χ0) is 21.2. The van der Waals surface area contributed by atoms with Gasteiger partial charge in [0.05, 0.1) is 6.54 Å². The number of carbonyl (C=O) groups is 1. The van der Waals surface area contributed by atoms with Gasteiger partial charge in [-0.25, -0.2) is 14.2 Å². The van der Waals surface area contributed by atoms with E-state index in [1.54, 1.807) is 27.3 Å². The molecule has 9 nitrogen and oxygen atoms in total. The Morgan fingerprint density at radius 2 is 1.50 bits per heavy atom. The molecule has 0 saturated carbocycles. The summed E-state index contributed by atoms with van der Waals surface area (Å²) in [7, 11) is 6.44. The van der Waals surface area contributed by atoms with Gasteiger partial charge >= 0.3 is 6.03 Å². The van der Waals surface area contributed by atoms with E-state index >= 15 is 0 Å². The minimum absolute atomic E-state index is 0.000000000000000444. The number of carbonyl (C=O) groups excluding carboxylic acids is 2. The molecular weight excluding hydrogens is 358 g/mol. The highest BCUT2D eigenvalue weighted by atomic mass is 28.3. The lowest BCUT2D eigenvalue weighted by Crippen LogP contribution is -2.39. The van der Waals surface area contributed by atoms with Crippen LogP contribution in [0.1, 0.15) is 19.8 Å². The lowest BCUT2D eigenvalue weighted by atomic mass is 10.3. The van der Waals surface area contributed by atoms with Gasteiger partial charge in [-0.2, -0.15) is 0 Å². The summed E-state index contributed by atoms with van der Waals surface area (Å²) in [5.74, 6) is 0. The van der Waals surface area contributed by atoms with Crippen LogP contribution in [0.5, 0.6) is 0 Å². The van der Waals surface area contributed by atoms with Gasteiger partial charge in [-0.05, 0) is 26.1 Å². The standard InChI is InChI=1S/C6H14N2O3.C6H14O2.C4H9NOSi/c1-8(6(7)9)4-5(10-2)11-3;1-4-5-6(7-2)8-3;1-7(2,3)5-4-6/h5H,4H2,1-3H3,(H2,7,9);6H,4-5H2,1-3H3;1-3H3. The first-order valence-electron chi connectivity index (χ1n) is 8.23. The highest BCUT2D eigenvalue weighted by molar-refractivity contribution is 6.74. The van der Waals surface area contributed by atoms with Crippen molar-refractivity contribution in [3.8, 4) is 0 Å². The fourth-order valence-electron chi connectivity index (χ4n) is 1.26. The van der Waals surface area contributed by atoms with Crippen LogP contribution >= 0.6 is 0 Å². The maximum absolute atomic E-state index is 10.5. The van der Waals surface area contributed by atoms with E-state index < -0.39 is 20.6 Å². The summed E-state index contributed by atoms with van der Waals surface area (Å²) in [6, 6.07) is -0.496. The zero-order valence-electron chi connectivity index (χ0n) is 17.7. The van der Waals surface area contributed by atoms with Crippen LogP contribution in [0, 0.1) is 0 Å². The number of urea groups is 1. The summed E-state index contributed by atoms with van der Waals surface area (Å²) in [6.45, 7) is 8.39. The van der Waals surface area contributed by atoms with Crippen molar-refractivity contribution in [2.24, 2.45) is 10.4 Å². The Labute approximate surface area is 158 Å². The molecule has 2 amide bonds. The van der Waals surface area contributed by atoms with Crippen molar-refractivity contribution < 1.29 is 28.5 Å². The lowest BCUT2D eigenvalue weighted by Gasteiger charge is -2.19. The van der Waals surface area contributed by atoms with E-state index in [4.69, 9.17) is 24.7 Å². The van der Waals surface area contributed by atoms with Crippen LogP contribution in [0.15, 0.2) is 4.66 Å². The van der Waals surface area contributed by atoms with Crippen LogP contribution in [0.2, 0.25) is 19.6 Å². The number of methoxy groups -OCH3 is 4. The van der Waals surface area contributed by atoms with Gasteiger partial charge in [0.25, 0.3) is 0 Å². The quantitative estimate of drug-likeness (QED) is 0.277. The van der Waals surface area contributed by atoms with Gasteiger partial charge in [-0.1, -0.05) is 13.3 Å². The predicted octanol–water partition coefficient (Wildman–Crippen LogP) is 2.18. The molecule has 0 unspecified atom stereocenters. The summed E-state index contributed by atoms with van der Waals surface area (Å²) in [4.78, 5) is 21.4. The van der Waals surface area contributed by atoms with E-state index in [9.17, 15) is 9.59 Å². The molecule has 26 heavy (non-hydrogen) atoms. The SMILES string of the molecule is CCCC(OC)OC.COC(CN(C)C(N)=O)OC.C[Si](C)(C)N=C=O. The normalized spacial score (nSPS) is 10.3. The van der Waals surface area contributed by atoms with Crippen molar-refractivity contribution in [2.75, 3.05) is 42.0 Å². The highest BCUT2D eigenvalue weighted by Gasteiger charge is 2.11. The number of primary amides is 1. The van der Waals surface area contributed by atoms with Gasteiger partial charge in [0.2, 0.25) is 6.08 Å². The number of rotatable bonds is 9. The van der Waals surface area contributed by atoms with Gasteiger partial charge in [-0.3, -0.25) is 0 Å². The van der Waals surface area contributed by atoms with Crippen molar-refractivity contribution in [3.05, 3.63) is 0 Å². The van der Waals surface area contributed by atoms with Crippen LogP contribution in [0.4, 0.5) is 4.79 Å². The monoisotopic (exact) mass is 395 g/mol. The van der Waals surface area contributed by atoms with Crippen molar-refractivity contribution in [3.63, 3.8) is 0 Å². The molecule has 0 aromatic rings. The van der Waals surface area contributed by atoms with E-state index in [1.165, 1.54) is 19.1 Å². The molecule has 0 saturated heterocycles. The Bertz CT molecular complexity index is 379. The molecule has 0 aliphatic carbocycles. The number of nitrogens with two attached hydrogens (primary N) is 1. The average molecular weight is 396 g/mol. The van der Waals surface area contributed by atoms with E-state index in [2.05, 4.69) is 11.6 Å². The van der Waals surface area contributed by atoms with E-state index in [-0.39, 0.29) is 6.29 Å². The van der Waals surface area contributed by atoms with E-state index in [1.807, 2.05) is 19.6 Å².